The zero-order chi connectivity index (χ0) is 55.5. The Kier molecular flexibility index (Phi) is 19.2. The second-order valence-electron chi connectivity index (χ2n) is 20.6. The minimum Gasteiger partial charge on any atom is -0.491 e. The molecular weight excluding hydrogens is 1030 g/mol. The summed E-state index contributed by atoms with van der Waals surface area (Å²) >= 11 is 0. The molecule has 24 heteroatoms. The minimum atomic E-state index is -4.21. The van der Waals surface area contributed by atoms with Crippen LogP contribution in [0.1, 0.15) is 98.7 Å². The maximum Gasteiger partial charge on any atom is 0.325 e. The lowest BCUT2D eigenvalue weighted by Gasteiger charge is -2.34. The molecule has 2 N–H and O–H groups in total. The quantitative estimate of drug-likeness (QED) is 0.0563. The van der Waals surface area contributed by atoms with Crippen molar-refractivity contribution < 1.29 is 59.6 Å². The van der Waals surface area contributed by atoms with Gasteiger partial charge in [-0.3, -0.25) is 19.1 Å². The smallest absolute Gasteiger partial charge is 0.325 e. The topological polar surface area (TPSA) is 254 Å². The Morgan fingerprint density at radius 1 is 0.779 bits per heavy atom. The third-order valence-corrected chi connectivity index (χ3v) is 16.2. The van der Waals surface area contributed by atoms with Crippen LogP contribution >= 0.6 is 0 Å². The van der Waals surface area contributed by atoms with Gasteiger partial charge in [-0.2, -0.15) is 9.40 Å². The van der Waals surface area contributed by atoms with Gasteiger partial charge in [-0.25, -0.2) is 31.2 Å². The van der Waals surface area contributed by atoms with Crippen LogP contribution in [0, 0.1) is 12.8 Å². The predicted octanol–water partition coefficient (Wildman–Crippen LogP) is 5.20. The number of nitrogens with zero attached hydrogens (tertiary/aromatic N) is 7. The summed E-state index contributed by atoms with van der Waals surface area (Å²) in [5, 5.41) is 11.1. The molecule has 5 aromatic rings. The highest BCUT2D eigenvalue weighted by Crippen LogP contribution is 2.38. The molecular formula is C53H71N9O13S2. The van der Waals surface area contributed by atoms with Crippen LogP contribution in [0.5, 0.6) is 11.6 Å². The van der Waals surface area contributed by atoms with Crippen molar-refractivity contribution in [1.82, 2.24) is 38.9 Å². The van der Waals surface area contributed by atoms with Gasteiger partial charge in [-0.1, -0.05) is 19.1 Å². The van der Waals surface area contributed by atoms with Gasteiger partial charge in [-0.05, 0) is 127 Å². The van der Waals surface area contributed by atoms with Crippen LogP contribution < -0.4 is 24.4 Å². The summed E-state index contributed by atoms with van der Waals surface area (Å²) in [5.41, 5.74) is 0.702. The first-order valence-electron chi connectivity index (χ1n) is 25.6. The van der Waals surface area contributed by atoms with Crippen molar-refractivity contribution in [2.75, 3.05) is 83.9 Å². The Morgan fingerprint density at radius 3 is 1.99 bits per heavy atom. The van der Waals surface area contributed by atoms with E-state index >= 15 is 0 Å². The van der Waals surface area contributed by atoms with E-state index in [1.165, 1.54) is 44.1 Å². The number of carbonyl (C=O) groups is 3. The highest BCUT2D eigenvalue weighted by molar-refractivity contribution is 7.90. The molecule has 3 aromatic heterocycles. The molecule has 0 unspecified atom stereocenters. The molecule has 2 aliphatic rings. The maximum atomic E-state index is 13.7. The van der Waals surface area contributed by atoms with E-state index in [0.717, 1.165) is 12.0 Å². The van der Waals surface area contributed by atoms with Crippen molar-refractivity contribution in [2.24, 2.45) is 13.0 Å². The van der Waals surface area contributed by atoms with Crippen molar-refractivity contribution in [3.8, 4) is 17.4 Å². The predicted molar refractivity (Wildman–Crippen MR) is 284 cm³/mol. The molecule has 5 heterocycles. The lowest BCUT2D eigenvalue weighted by atomic mass is 9.90. The number of aryl methyl sites for hydroxylation is 2. The normalized spacial score (nSPS) is 16.3. The number of aromatic nitrogens is 5. The number of sulfonamides is 2. The first kappa shape index (κ1) is 58.2. The minimum absolute atomic E-state index is 0.0815. The van der Waals surface area contributed by atoms with E-state index in [2.05, 4.69) is 41.0 Å². The Labute approximate surface area is 450 Å². The van der Waals surface area contributed by atoms with E-state index in [1.54, 1.807) is 59.1 Å². The van der Waals surface area contributed by atoms with E-state index in [0.29, 0.717) is 108 Å². The second kappa shape index (κ2) is 25.4. The van der Waals surface area contributed by atoms with Crippen LogP contribution in [0.4, 0.5) is 5.82 Å². The fourth-order valence-electron chi connectivity index (χ4n) is 9.28. The van der Waals surface area contributed by atoms with E-state index < -0.39 is 43.4 Å². The molecule has 2 amide bonds. The molecule has 2 saturated heterocycles. The number of benzene rings is 2. The number of pyridine rings is 1. The Bertz CT molecular complexity index is 3040. The van der Waals surface area contributed by atoms with Crippen molar-refractivity contribution in [1.29, 1.82) is 0 Å². The van der Waals surface area contributed by atoms with E-state index in [9.17, 15) is 31.2 Å². The third kappa shape index (κ3) is 15.8. The standard InChI is InChI=1S/C53H71N9O13S2/c1-37-33-53(6,7)61(35-37)49-44(51(65)58-76(66,67)45-36-59(8)56-38(45)2)17-18-46(55-49)62-24-21-47(57-62)74-32-30-72-28-26-70-25-27-71-29-31-73-42-13-9-39(10-14-42)40-19-22-60(23-20-40)77(68,69)43-15-11-41(12-16-43)50(64)54-34-48(63)75-52(3,4)5/h9-18,21,24,36-37,40H,19-20,22-23,25-35H2,1-8H3,(H,54,64)(H,58,65)/t37-/m0/s1. The van der Waals surface area contributed by atoms with Gasteiger partial charge in [-0.15, -0.1) is 5.10 Å². The molecule has 0 aliphatic carbocycles. The van der Waals surface area contributed by atoms with Gasteiger partial charge in [0.05, 0.1) is 55.8 Å². The zero-order valence-corrected chi connectivity index (χ0v) is 46.7. The van der Waals surface area contributed by atoms with Crippen LogP contribution in [0.15, 0.2) is 88.9 Å². The molecule has 0 saturated carbocycles. The maximum absolute atomic E-state index is 13.7. The molecule has 2 fully saturated rings. The summed E-state index contributed by atoms with van der Waals surface area (Å²) in [7, 11) is -6.36. The average Bonchev–Trinajstić information content (AvgIpc) is 4.09. The SMILES string of the molecule is Cc1nn(C)cc1S(=O)(=O)NC(=O)c1ccc(-n2ccc(OCCOCCOCCOCCOc3ccc(C4CCN(S(=O)(=O)c5ccc(C(=O)NCC(=O)OC(C)(C)C)cc5)CC4)cc3)n2)nc1N1C[C@@H](C)CC1(C)C. The Hall–Kier alpha value is -6.44. The number of anilines is 1. The highest BCUT2D eigenvalue weighted by Gasteiger charge is 2.40. The van der Waals surface area contributed by atoms with Gasteiger partial charge in [0, 0.05) is 56.2 Å². The number of hydrogen-bond donors (Lipinski definition) is 2. The number of nitrogens with one attached hydrogen (secondary N) is 2. The van der Waals surface area contributed by atoms with Crippen molar-refractivity contribution >= 4 is 43.6 Å². The Balaban J connectivity index is 0.746. The van der Waals surface area contributed by atoms with Gasteiger partial charge >= 0.3 is 5.97 Å². The van der Waals surface area contributed by atoms with Crippen molar-refractivity contribution in [2.45, 2.75) is 94.6 Å². The first-order chi connectivity index (χ1) is 36.5. The highest BCUT2D eigenvalue weighted by atomic mass is 32.2. The molecule has 2 aliphatic heterocycles. The monoisotopic (exact) mass is 1110 g/mol. The van der Waals surface area contributed by atoms with E-state index in [4.69, 9.17) is 33.4 Å². The number of hydrogen-bond acceptors (Lipinski definition) is 17. The molecule has 7 rings (SSSR count). The summed E-state index contributed by atoms with van der Waals surface area (Å²) in [6.45, 7) is 16.8. The first-order valence-corrected chi connectivity index (χ1v) is 28.5. The summed E-state index contributed by atoms with van der Waals surface area (Å²) in [4.78, 5) is 45.0. The molecule has 418 valence electrons. The van der Waals surface area contributed by atoms with Gasteiger partial charge in [0.25, 0.3) is 21.8 Å². The lowest BCUT2D eigenvalue weighted by Crippen LogP contribution is -2.41. The molecule has 0 bridgehead atoms. The van der Waals surface area contributed by atoms with Crippen LogP contribution in [-0.4, -0.2) is 154 Å². The number of piperidine rings is 1. The second-order valence-corrected chi connectivity index (χ2v) is 24.2. The molecule has 77 heavy (non-hydrogen) atoms. The van der Waals surface area contributed by atoms with Gasteiger partial charge in [0.15, 0.2) is 5.82 Å². The van der Waals surface area contributed by atoms with Crippen LogP contribution in [0.2, 0.25) is 0 Å². The zero-order valence-electron chi connectivity index (χ0n) is 45.0. The number of esters is 1. The molecule has 0 spiro atoms. The van der Waals surface area contributed by atoms with Crippen LogP contribution in [-0.2, 0) is 50.8 Å². The van der Waals surface area contributed by atoms with E-state index in [1.807, 2.05) is 29.2 Å². The molecule has 22 nitrogen and oxygen atoms in total. The van der Waals surface area contributed by atoms with Crippen LogP contribution in [0.3, 0.4) is 0 Å². The summed E-state index contributed by atoms with van der Waals surface area (Å²) in [5.74, 6) is 0.448. The summed E-state index contributed by atoms with van der Waals surface area (Å²) in [6, 6.07) is 18.4. The van der Waals surface area contributed by atoms with E-state index in [-0.39, 0.29) is 51.2 Å². The largest absolute Gasteiger partial charge is 0.491 e. The molecule has 1 atom stereocenters. The number of rotatable bonds is 25. The average molecular weight is 1110 g/mol. The number of amides is 2. The summed E-state index contributed by atoms with van der Waals surface area (Å²) in [6.07, 6.45) is 5.21. The lowest BCUT2D eigenvalue weighted by molar-refractivity contribution is -0.153. The number of ether oxygens (including phenoxy) is 6. The van der Waals surface area contributed by atoms with Crippen molar-refractivity contribution in [3.63, 3.8) is 0 Å². The Morgan fingerprint density at radius 2 is 1.40 bits per heavy atom. The fourth-order valence-corrected chi connectivity index (χ4v) is 11.9. The van der Waals surface area contributed by atoms with Gasteiger partial charge in [0.1, 0.15) is 41.8 Å². The van der Waals surface area contributed by atoms with Crippen LogP contribution in [0.25, 0.3) is 5.82 Å². The molecule has 2 aromatic carbocycles. The third-order valence-electron chi connectivity index (χ3n) is 12.8. The number of carbonyl (C=O) groups excluding carboxylic acids is 3. The van der Waals surface area contributed by atoms with Crippen molar-refractivity contribution in [3.05, 3.63) is 102 Å². The van der Waals surface area contributed by atoms with Gasteiger partial charge in [0.2, 0.25) is 15.9 Å². The summed E-state index contributed by atoms with van der Waals surface area (Å²) < 4.78 is 93.8. The van der Waals surface area contributed by atoms with Gasteiger partial charge < -0.3 is 38.6 Å². The fraction of sp³-hybridized carbons (Fsp3) is 0.509. The molecule has 0 radical (unpaired) electrons.